The van der Waals surface area contributed by atoms with E-state index in [4.69, 9.17) is 5.73 Å². The van der Waals surface area contributed by atoms with Crippen LogP contribution < -0.4 is 5.73 Å². The molecule has 1 saturated carbocycles. The lowest BCUT2D eigenvalue weighted by atomic mass is 9.96. The molecule has 0 saturated heterocycles. The van der Waals surface area contributed by atoms with E-state index in [0.29, 0.717) is 11.3 Å². The van der Waals surface area contributed by atoms with Crippen LogP contribution >= 0.6 is 27.7 Å². The van der Waals surface area contributed by atoms with Gasteiger partial charge in [0.15, 0.2) is 0 Å². The Labute approximate surface area is 103 Å². The summed E-state index contributed by atoms with van der Waals surface area (Å²) in [6.45, 7) is 0. The summed E-state index contributed by atoms with van der Waals surface area (Å²) in [5.74, 6) is 0. The van der Waals surface area contributed by atoms with Crippen LogP contribution in [0.25, 0.3) is 0 Å². The molecule has 2 unspecified atom stereocenters. The van der Waals surface area contributed by atoms with Crippen molar-refractivity contribution in [2.45, 2.75) is 42.0 Å². The highest BCUT2D eigenvalue weighted by Crippen LogP contribution is 2.35. The first-order valence-electron chi connectivity index (χ1n) is 5.28. The van der Waals surface area contributed by atoms with E-state index in [2.05, 4.69) is 20.9 Å². The minimum Gasteiger partial charge on any atom is -0.328 e. The van der Waals surface area contributed by atoms with Crippen LogP contribution in [0.15, 0.2) is 27.8 Å². The molecule has 2 N–H and O–H groups in total. The summed E-state index contributed by atoms with van der Waals surface area (Å²) in [7, 11) is 0. The van der Waals surface area contributed by atoms with Gasteiger partial charge in [-0.25, -0.2) is 4.98 Å². The second kappa shape index (κ2) is 5.32. The Kier molecular flexibility index (Phi) is 4.05. The Hall–Kier alpha value is -0.0600. The summed E-state index contributed by atoms with van der Waals surface area (Å²) in [4.78, 5) is 4.37. The van der Waals surface area contributed by atoms with Crippen LogP contribution in [0, 0.1) is 0 Å². The number of hydrogen-bond acceptors (Lipinski definition) is 3. The quantitative estimate of drug-likeness (QED) is 0.907. The van der Waals surface area contributed by atoms with Crippen molar-refractivity contribution >= 4 is 27.7 Å². The first kappa shape index (κ1) is 11.4. The van der Waals surface area contributed by atoms with Gasteiger partial charge in [0.25, 0.3) is 0 Å². The minimum atomic E-state index is 0.388. The molecule has 0 bridgehead atoms. The van der Waals surface area contributed by atoms with Crippen LogP contribution in [0.2, 0.25) is 0 Å². The molecule has 0 aromatic carbocycles. The standard InChI is InChI=1S/C11H15BrN2S/c12-10-5-2-6-14-11(10)15-9-4-1-3-8(13)7-9/h2,5-6,8-9H,1,3-4,7,13H2. The number of nitrogens with zero attached hydrogens (tertiary/aromatic N) is 1. The van der Waals surface area contributed by atoms with E-state index in [-0.39, 0.29) is 0 Å². The Balaban J connectivity index is 1.99. The second-order valence-electron chi connectivity index (χ2n) is 3.96. The van der Waals surface area contributed by atoms with Gasteiger partial charge < -0.3 is 5.73 Å². The maximum Gasteiger partial charge on any atom is 0.110 e. The predicted molar refractivity (Wildman–Crippen MR) is 68.0 cm³/mol. The van der Waals surface area contributed by atoms with Gasteiger partial charge in [-0.15, -0.1) is 11.8 Å². The van der Waals surface area contributed by atoms with Gasteiger partial charge in [-0.05, 0) is 47.3 Å². The summed E-state index contributed by atoms with van der Waals surface area (Å²) >= 11 is 5.38. The van der Waals surface area contributed by atoms with Crippen molar-refractivity contribution in [2.75, 3.05) is 0 Å². The van der Waals surface area contributed by atoms with E-state index >= 15 is 0 Å². The number of aromatic nitrogens is 1. The van der Waals surface area contributed by atoms with Crippen molar-refractivity contribution < 1.29 is 0 Å². The molecule has 0 aliphatic heterocycles. The van der Waals surface area contributed by atoms with Gasteiger partial charge in [-0.1, -0.05) is 6.42 Å². The normalized spacial score (nSPS) is 26.5. The topological polar surface area (TPSA) is 38.9 Å². The molecular weight excluding hydrogens is 272 g/mol. The van der Waals surface area contributed by atoms with E-state index < -0.39 is 0 Å². The Morgan fingerprint density at radius 2 is 2.33 bits per heavy atom. The lowest BCUT2D eigenvalue weighted by Gasteiger charge is -2.25. The zero-order valence-corrected chi connectivity index (χ0v) is 10.9. The highest BCUT2D eigenvalue weighted by molar-refractivity contribution is 9.10. The smallest absolute Gasteiger partial charge is 0.110 e. The van der Waals surface area contributed by atoms with Crippen molar-refractivity contribution in [1.29, 1.82) is 0 Å². The number of thioether (sulfide) groups is 1. The van der Waals surface area contributed by atoms with Gasteiger partial charge in [0.05, 0.1) is 0 Å². The Morgan fingerprint density at radius 1 is 1.47 bits per heavy atom. The lowest BCUT2D eigenvalue weighted by Crippen LogP contribution is -2.29. The zero-order valence-electron chi connectivity index (χ0n) is 8.53. The van der Waals surface area contributed by atoms with Crippen molar-refractivity contribution in [3.05, 3.63) is 22.8 Å². The van der Waals surface area contributed by atoms with Gasteiger partial charge in [0, 0.05) is 22.0 Å². The van der Waals surface area contributed by atoms with Crippen LogP contribution in [0.4, 0.5) is 0 Å². The molecule has 0 radical (unpaired) electrons. The van der Waals surface area contributed by atoms with Gasteiger partial charge in [-0.3, -0.25) is 0 Å². The number of hydrogen-bond donors (Lipinski definition) is 1. The average Bonchev–Trinajstić information content (AvgIpc) is 2.22. The molecule has 2 atom stereocenters. The predicted octanol–water partition coefficient (Wildman–Crippen LogP) is 3.21. The molecule has 1 aliphatic carbocycles. The summed E-state index contributed by atoms with van der Waals surface area (Å²) in [5, 5.41) is 1.73. The first-order valence-corrected chi connectivity index (χ1v) is 6.95. The molecule has 0 amide bonds. The molecule has 2 nitrogen and oxygen atoms in total. The molecule has 15 heavy (non-hydrogen) atoms. The minimum absolute atomic E-state index is 0.388. The number of halogens is 1. The molecule has 1 heterocycles. The number of rotatable bonds is 2. The maximum atomic E-state index is 5.97. The lowest BCUT2D eigenvalue weighted by molar-refractivity contribution is 0.451. The van der Waals surface area contributed by atoms with Crippen molar-refractivity contribution in [3.63, 3.8) is 0 Å². The van der Waals surface area contributed by atoms with Crippen LogP contribution in [0.3, 0.4) is 0 Å². The van der Waals surface area contributed by atoms with Crippen molar-refractivity contribution in [3.8, 4) is 0 Å². The SMILES string of the molecule is NC1CCCC(Sc2ncccc2Br)C1. The molecule has 1 aromatic heterocycles. The maximum absolute atomic E-state index is 5.97. The molecule has 1 aromatic rings. The average molecular weight is 287 g/mol. The van der Waals surface area contributed by atoms with Gasteiger partial charge in [0.1, 0.15) is 5.03 Å². The molecule has 82 valence electrons. The van der Waals surface area contributed by atoms with Crippen molar-refractivity contribution in [1.82, 2.24) is 4.98 Å². The largest absolute Gasteiger partial charge is 0.328 e. The fourth-order valence-electron chi connectivity index (χ4n) is 1.90. The highest BCUT2D eigenvalue weighted by Gasteiger charge is 2.21. The van der Waals surface area contributed by atoms with Gasteiger partial charge >= 0.3 is 0 Å². The van der Waals surface area contributed by atoms with Crippen LogP contribution in [-0.2, 0) is 0 Å². The molecular formula is C11H15BrN2S. The molecule has 1 aliphatic rings. The summed E-state index contributed by atoms with van der Waals surface area (Å²) < 4.78 is 1.09. The summed E-state index contributed by atoms with van der Waals surface area (Å²) in [6, 6.07) is 4.37. The van der Waals surface area contributed by atoms with Gasteiger partial charge in [-0.2, -0.15) is 0 Å². The fraction of sp³-hybridized carbons (Fsp3) is 0.545. The van der Waals surface area contributed by atoms with E-state index in [9.17, 15) is 0 Å². The van der Waals surface area contributed by atoms with E-state index in [0.717, 1.165) is 15.9 Å². The van der Waals surface area contributed by atoms with Crippen LogP contribution in [0.5, 0.6) is 0 Å². The van der Waals surface area contributed by atoms with Crippen molar-refractivity contribution in [2.24, 2.45) is 5.73 Å². The third-order valence-corrected chi connectivity index (χ3v) is 4.88. The Bertz CT molecular complexity index is 332. The highest BCUT2D eigenvalue weighted by atomic mass is 79.9. The van der Waals surface area contributed by atoms with E-state index in [1.807, 2.05) is 30.1 Å². The third-order valence-electron chi connectivity index (χ3n) is 2.67. The third kappa shape index (κ3) is 3.20. The number of pyridine rings is 1. The van der Waals surface area contributed by atoms with Crippen LogP contribution in [-0.4, -0.2) is 16.3 Å². The van der Waals surface area contributed by atoms with Crippen LogP contribution in [0.1, 0.15) is 25.7 Å². The monoisotopic (exact) mass is 286 g/mol. The summed E-state index contributed by atoms with van der Waals surface area (Å²) in [5.41, 5.74) is 5.97. The molecule has 0 spiro atoms. The molecule has 2 rings (SSSR count). The molecule has 4 heteroatoms. The fourth-order valence-corrected chi connectivity index (χ4v) is 3.69. The van der Waals surface area contributed by atoms with Gasteiger partial charge in [0.2, 0.25) is 0 Å². The molecule has 1 fully saturated rings. The number of nitrogens with two attached hydrogens (primary N) is 1. The summed E-state index contributed by atoms with van der Waals surface area (Å²) in [6.07, 6.45) is 6.66. The second-order valence-corrected chi connectivity index (χ2v) is 6.10. The van der Waals surface area contributed by atoms with E-state index in [1.54, 1.807) is 0 Å². The zero-order chi connectivity index (χ0) is 10.7. The Morgan fingerprint density at radius 3 is 3.07 bits per heavy atom. The first-order chi connectivity index (χ1) is 7.25. The van der Waals surface area contributed by atoms with E-state index in [1.165, 1.54) is 19.3 Å².